The topological polar surface area (TPSA) is 32.3 Å². The Morgan fingerprint density at radius 1 is 0.724 bits per heavy atom. The molecule has 0 atom stereocenters. The molecule has 0 radical (unpaired) electrons. The van der Waals surface area contributed by atoms with Crippen molar-refractivity contribution in [1.29, 1.82) is 0 Å². The number of rotatable bonds is 15. The van der Waals surface area contributed by atoms with Crippen molar-refractivity contribution in [2.45, 2.75) is 87.0 Å². The highest BCUT2D eigenvalue weighted by atomic mass is 16.2. The molecule has 166 valence electrons. The lowest BCUT2D eigenvalue weighted by Gasteiger charge is -2.16. The van der Waals surface area contributed by atoms with Crippen molar-refractivity contribution in [2.75, 3.05) is 26.2 Å². The van der Waals surface area contributed by atoms with Crippen LogP contribution < -0.4 is 5.32 Å². The first-order valence-electron chi connectivity index (χ1n) is 11.4. The number of amides is 1. The largest absolute Gasteiger partial charge is 0.352 e. The molecule has 0 saturated carbocycles. The van der Waals surface area contributed by atoms with E-state index in [1.165, 1.54) is 28.7 Å². The summed E-state index contributed by atoms with van der Waals surface area (Å²) in [5, 5.41) is 2.99. The molecule has 0 bridgehead atoms. The zero-order valence-corrected chi connectivity index (χ0v) is 20.2. The van der Waals surface area contributed by atoms with Gasteiger partial charge in [-0.05, 0) is 86.2 Å². The van der Waals surface area contributed by atoms with E-state index in [9.17, 15) is 4.79 Å². The van der Waals surface area contributed by atoms with Gasteiger partial charge in [0.25, 0.3) is 0 Å². The van der Waals surface area contributed by atoms with E-state index in [0.717, 1.165) is 45.2 Å². The van der Waals surface area contributed by atoms with E-state index in [0.29, 0.717) is 13.1 Å². The Balaban J connectivity index is 4.06. The molecule has 1 N–H and O–H groups in total. The Hall–Kier alpha value is -1.61. The van der Waals surface area contributed by atoms with E-state index >= 15 is 0 Å². The van der Waals surface area contributed by atoms with Gasteiger partial charge in [0.15, 0.2) is 0 Å². The number of carbonyl (C=O) groups excluding carboxylic acids is 1. The zero-order valence-electron chi connectivity index (χ0n) is 20.2. The summed E-state index contributed by atoms with van der Waals surface area (Å²) < 4.78 is 0. The molecule has 0 aromatic carbocycles. The van der Waals surface area contributed by atoms with Crippen LogP contribution in [0, 0.1) is 0 Å². The predicted molar refractivity (Wildman–Crippen MR) is 129 cm³/mol. The summed E-state index contributed by atoms with van der Waals surface area (Å²) in [4.78, 5) is 14.0. The maximum atomic E-state index is 11.9. The van der Waals surface area contributed by atoms with E-state index in [1.54, 1.807) is 0 Å². The molecule has 0 rings (SSSR count). The fourth-order valence-corrected chi connectivity index (χ4v) is 3.03. The molecular formula is C26H46N2O. The number of likely N-dealkylation sites (N-methyl/N-ethyl adjacent to an activating group) is 1. The minimum Gasteiger partial charge on any atom is -0.352 e. The van der Waals surface area contributed by atoms with Crippen LogP contribution in [0.15, 0.2) is 46.6 Å². The summed E-state index contributed by atoms with van der Waals surface area (Å²) in [6.45, 7) is 18.1. The van der Waals surface area contributed by atoms with E-state index < -0.39 is 0 Å². The Morgan fingerprint density at radius 3 is 1.62 bits per heavy atom. The van der Waals surface area contributed by atoms with Crippen LogP contribution in [0.3, 0.4) is 0 Å². The van der Waals surface area contributed by atoms with Gasteiger partial charge in [0.1, 0.15) is 0 Å². The summed E-state index contributed by atoms with van der Waals surface area (Å²) in [6.07, 6.45) is 15.9. The molecule has 0 aromatic rings. The zero-order chi connectivity index (χ0) is 22.1. The fraction of sp³-hybridized carbons (Fsp3) is 0.654. The SMILES string of the molecule is CCN(CC)CC(=O)NCC=C(C)CCC=C(C)CCC=C(C)CCC=C(C)C. The maximum absolute atomic E-state index is 11.9. The molecule has 0 heterocycles. The van der Waals surface area contributed by atoms with Crippen molar-refractivity contribution in [3.63, 3.8) is 0 Å². The smallest absolute Gasteiger partial charge is 0.234 e. The lowest BCUT2D eigenvalue weighted by atomic mass is 10.0. The van der Waals surface area contributed by atoms with Gasteiger partial charge in [-0.25, -0.2) is 0 Å². The predicted octanol–water partition coefficient (Wildman–Crippen LogP) is 6.59. The monoisotopic (exact) mass is 402 g/mol. The first-order chi connectivity index (χ1) is 13.8. The van der Waals surface area contributed by atoms with Gasteiger partial charge >= 0.3 is 0 Å². The van der Waals surface area contributed by atoms with Crippen molar-refractivity contribution < 1.29 is 4.79 Å². The Bertz CT molecular complexity index is 574. The molecule has 0 aromatic heterocycles. The first kappa shape index (κ1) is 27.4. The van der Waals surface area contributed by atoms with Crippen LogP contribution in [0.5, 0.6) is 0 Å². The fourth-order valence-electron chi connectivity index (χ4n) is 3.03. The minimum atomic E-state index is 0.109. The molecule has 0 unspecified atom stereocenters. The maximum Gasteiger partial charge on any atom is 0.234 e. The summed E-state index contributed by atoms with van der Waals surface area (Å²) >= 11 is 0. The molecule has 3 heteroatoms. The third-order valence-electron chi connectivity index (χ3n) is 5.17. The van der Waals surface area contributed by atoms with E-state index in [1.807, 2.05) is 0 Å². The van der Waals surface area contributed by atoms with Crippen molar-refractivity contribution >= 4 is 5.91 Å². The van der Waals surface area contributed by atoms with Crippen molar-refractivity contribution in [3.8, 4) is 0 Å². The van der Waals surface area contributed by atoms with Crippen molar-refractivity contribution in [2.24, 2.45) is 0 Å². The second-order valence-electron chi connectivity index (χ2n) is 8.31. The molecule has 0 saturated heterocycles. The molecule has 0 aliphatic heterocycles. The van der Waals surface area contributed by atoms with Crippen molar-refractivity contribution in [3.05, 3.63) is 46.6 Å². The second kappa shape index (κ2) is 17.3. The lowest BCUT2D eigenvalue weighted by Crippen LogP contribution is -2.37. The van der Waals surface area contributed by atoms with E-state index in [2.05, 4.69) is 83.0 Å². The van der Waals surface area contributed by atoms with Gasteiger partial charge in [-0.3, -0.25) is 9.69 Å². The lowest BCUT2D eigenvalue weighted by molar-refractivity contribution is -0.121. The molecule has 0 aliphatic rings. The average molecular weight is 403 g/mol. The highest BCUT2D eigenvalue weighted by molar-refractivity contribution is 5.78. The molecule has 0 spiro atoms. The van der Waals surface area contributed by atoms with Crippen LogP contribution >= 0.6 is 0 Å². The van der Waals surface area contributed by atoms with Gasteiger partial charge in [0, 0.05) is 6.54 Å². The summed E-state index contributed by atoms with van der Waals surface area (Å²) in [5.41, 5.74) is 5.71. The Labute approximate surface area is 181 Å². The quantitative estimate of drug-likeness (QED) is 0.313. The number of hydrogen-bond acceptors (Lipinski definition) is 2. The summed E-state index contributed by atoms with van der Waals surface area (Å²) in [5.74, 6) is 0.109. The Kier molecular flexibility index (Phi) is 16.3. The molecular weight excluding hydrogens is 356 g/mol. The molecule has 0 fully saturated rings. The molecule has 0 aliphatic carbocycles. The highest BCUT2D eigenvalue weighted by Crippen LogP contribution is 2.13. The van der Waals surface area contributed by atoms with Gasteiger partial charge in [-0.2, -0.15) is 0 Å². The van der Waals surface area contributed by atoms with Crippen LogP contribution in [0.4, 0.5) is 0 Å². The van der Waals surface area contributed by atoms with Gasteiger partial charge in [-0.15, -0.1) is 0 Å². The van der Waals surface area contributed by atoms with Crippen molar-refractivity contribution in [1.82, 2.24) is 10.2 Å². The number of hydrogen-bond donors (Lipinski definition) is 1. The minimum absolute atomic E-state index is 0.109. The van der Waals surface area contributed by atoms with Crippen LogP contribution in [0.1, 0.15) is 87.0 Å². The van der Waals surface area contributed by atoms with Gasteiger partial charge in [0.05, 0.1) is 6.54 Å². The first-order valence-corrected chi connectivity index (χ1v) is 11.4. The van der Waals surface area contributed by atoms with Crippen LogP contribution in [-0.4, -0.2) is 37.0 Å². The van der Waals surface area contributed by atoms with Crippen LogP contribution in [0.2, 0.25) is 0 Å². The number of allylic oxidation sites excluding steroid dienone is 7. The van der Waals surface area contributed by atoms with Gasteiger partial charge < -0.3 is 5.32 Å². The average Bonchev–Trinajstić information content (AvgIpc) is 2.65. The normalized spacial score (nSPS) is 13.0. The molecule has 1 amide bonds. The standard InChI is InChI=1S/C26H46N2O/c1-8-28(9-2)21-26(29)27-20-19-25(7)18-12-17-24(6)16-11-15-23(5)14-10-13-22(3)4/h13,15,17,19H,8-12,14,16,18,20-21H2,1-7H3,(H,27,29). The summed E-state index contributed by atoms with van der Waals surface area (Å²) in [6, 6.07) is 0. The van der Waals surface area contributed by atoms with E-state index in [-0.39, 0.29) is 5.91 Å². The number of nitrogens with one attached hydrogen (secondary N) is 1. The number of nitrogens with zero attached hydrogens (tertiary/aromatic N) is 1. The van der Waals surface area contributed by atoms with Gasteiger partial charge in [-0.1, -0.05) is 60.4 Å². The summed E-state index contributed by atoms with van der Waals surface area (Å²) in [7, 11) is 0. The third kappa shape index (κ3) is 17.0. The van der Waals surface area contributed by atoms with Gasteiger partial charge in [0.2, 0.25) is 5.91 Å². The number of carbonyl (C=O) groups is 1. The molecule has 3 nitrogen and oxygen atoms in total. The van der Waals surface area contributed by atoms with Crippen LogP contribution in [0.25, 0.3) is 0 Å². The third-order valence-corrected chi connectivity index (χ3v) is 5.17. The highest BCUT2D eigenvalue weighted by Gasteiger charge is 2.05. The molecule has 29 heavy (non-hydrogen) atoms. The van der Waals surface area contributed by atoms with Crippen LogP contribution in [-0.2, 0) is 4.79 Å². The second-order valence-corrected chi connectivity index (χ2v) is 8.31. The van der Waals surface area contributed by atoms with E-state index in [4.69, 9.17) is 0 Å². The Morgan fingerprint density at radius 2 is 1.17 bits per heavy atom.